The molecule has 0 saturated heterocycles. The van der Waals surface area contributed by atoms with E-state index in [-0.39, 0.29) is 6.61 Å². The van der Waals surface area contributed by atoms with Gasteiger partial charge in [0.15, 0.2) is 12.7 Å². The third kappa shape index (κ3) is 5.23. The molecule has 134 valence electrons. The monoisotopic (exact) mass is 372 g/mol. The molecule has 0 aliphatic carbocycles. The number of nitriles is 1. The van der Waals surface area contributed by atoms with Crippen LogP contribution in [0, 0.1) is 18.3 Å². The Balaban J connectivity index is 1.89. The van der Waals surface area contributed by atoms with Crippen molar-refractivity contribution < 1.29 is 19.1 Å². The number of carbonyl (C=O) groups is 2. The lowest BCUT2D eigenvalue weighted by molar-refractivity contribution is -0.155. The van der Waals surface area contributed by atoms with Gasteiger partial charge in [-0.3, -0.25) is 4.79 Å². The van der Waals surface area contributed by atoms with Crippen LogP contribution in [-0.2, 0) is 14.3 Å². The Morgan fingerprint density at radius 2 is 2.00 bits per heavy atom. The zero-order chi connectivity index (χ0) is 19.1. The molecule has 0 heterocycles. The van der Waals surface area contributed by atoms with Crippen LogP contribution in [0.15, 0.2) is 42.5 Å². The van der Waals surface area contributed by atoms with Gasteiger partial charge in [-0.25, -0.2) is 4.79 Å². The molecule has 1 N–H and O–H groups in total. The van der Waals surface area contributed by atoms with Gasteiger partial charge in [-0.1, -0.05) is 29.8 Å². The number of para-hydroxylation sites is 1. The summed E-state index contributed by atoms with van der Waals surface area (Å²) in [6.45, 7) is 2.92. The Bertz CT molecular complexity index is 861. The van der Waals surface area contributed by atoms with E-state index < -0.39 is 18.0 Å². The van der Waals surface area contributed by atoms with Gasteiger partial charge >= 0.3 is 5.97 Å². The molecule has 0 radical (unpaired) electrons. The van der Waals surface area contributed by atoms with Crippen molar-refractivity contribution in [3.05, 3.63) is 58.6 Å². The summed E-state index contributed by atoms with van der Waals surface area (Å²) < 4.78 is 10.4. The highest BCUT2D eigenvalue weighted by molar-refractivity contribution is 6.32. The minimum atomic E-state index is -1.05. The normalized spacial score (nSPS) is 11.2. The first kappa shape index (κ1) is 19.3. The summed E-state index contributed by atoms with van der Waals surface area (Å²) in [6.07, 6.45) is -1.05. The van der Waals surface area contributed by atoms with E-state index in [2.05, 4.69) is 5.32 Å². The van der Waals surface area contributed by atoms with Crippen LogP contribution < -0.4 is 10.1 Å². The fraction of sp³-hybridized carbons (Fsp3) is 0.211. The molecule has 1 atom stereocenters. The Morgan fingerprint density at radius 3 is 2.73 bits per heavy atom. The molecule has 7 heteroatoms. The predicted molar refractivity (Wildman–Crippen MR) is 97.0 cm³/mol. The molecule has 2 aromatic carbocycles. The smallest absolute Gasteiger partial charge is 0.344 e. The number of amides is 1. The van der Waals surface area contributed by atoms with E-state index in [1.807, 2.05) is 19.1 Å². The van der Waals surface area contributed by atoms with Crippen molar-refractivity contribution in [2.75, 3.05) is 11.9 Å². The number of aryl methyl sites for hydroxylation is 1. The van der Waals surface area contributed by atoms with Crippen molar-refractivity contribution in [3.63, 3.8) is 0 Å². The van der Waals surface area contributed by atoms with Gasteiger partial charge < -0.3 is 14.8 Å². The first-order valence-electron chi connectivity index (χ1n) is 7.79. The maximum Gasteiger partial charge on any atom is 0.344 e. The lowest BCUT2D eigenvalue weighted by atomic mass is 10.2. The number of hydrogen-bond donors (Lipinski definition) is 1. The van der Waals surface area contributed by atoms with Crippen molar-refractivity contribution in [1.82, 2.24) is 0 Å². The van der Waals surface area contributed by atoms with E-state index in [4.69, 9.17) is 26.3 Å². The molecule has 1 amide bonds. The highest BCUT2D eigenvalue weighted by Gasteiger charge is 2.19. The molecule has 0 bridgehead atoms. The zero-order valence-electron chi connectivity index (χ0n) is 14.3. The van der Waals surface area contributed by atoms with E-state index in [0.717, 1.165) is 5.56 Å². The molecule has 2 rings (SSSR count). The van der Waals surface area contributed by atoms with Crippen molar-refractivity contribution in [1.29, 1.82) is 5.26 Å². The number of anilines is 1. The predicted octanol–water partition coefficient (Wildman–Crippen LogP) is 3.47. The summed E-state index contributed by atoms with van der Waals surface area (Å²) in [6, 6.07) is 13.7. The highest BCUT2D eigenvalue weighted by atomic mass is 35.5. The van der Waals surface area contributed by atoms with Gasteiger partial charge in [0.1, 0.15) is 11.8 Å². The Morgan fingerprint density at radius 1 is 1.27 bits per heavy atom. The average molecular weight is 373 g/mol. The SMILES string of the molecule is Cc1ccc(Cl)c(OCC(=O)O[C@H](C)C(=O)Nc2ccccc2C#N)c1. The summed E-state index contributed by atoms with van der Waals surface area (Å²) >= 11 is 5.99. The minimum absolute atomic E-state index is 0.316. The van der Waals surface area contributed by atoms with Gasteiger partial charge in [-0.2, -0.15) is 5.26 Å². The van der Waals surface area contributed by atoms with Crippen molar-refractivity contribution in [3.8, 4) is 11.8 Å². The second-order valence-corrected chi connectivity index (χ2v) is 5.91. The molecule has 0 saturated carbocycles. The van der Waals surface area contributed by atoms with E-state index >= 15 is 0 Å². The number of halogens is 1. The van der Waals surface area contributed by atoms with Crippen LogP contribution in [-0.4, -0.2) is 24.6 Å². The van der Waals surface area contributed by atoms with Gasteiger partial charge in [0.05, 0.1) is 16.3 Å². The number of benzene rings is 2. The number of carbonyl (C=O) groups excluding carboxylic acids is 2. The molecule has 0 aliphatic heterocycles. The van der Waals surface area contributed by atoms with Crippen LogP contribution in [0.2, 0.25) is 5.02 Å². The third-order valence-electron chi connectivity index (χ3n) is 3.42. The molecule has 0 aromatic heterocycles. The number of hydrogen-bond acceptors (Lipinski definition) is 5. The molecule has 0 fully saturated rings. The molecule has 2 aromatic rings. The fourth-order valence-corrected chi connectivity index (χ4v) is 2.24. The van der Waals surface area contributed by atoms with E-state index in [9.17, 15) is 9.59 Å². The number of ether oxygens (including phenoxy) is 2. The maximum atomic E-state index is 12.1. The van der Waals surface area contributed by atoms with Crippen LogP contribution in [0.5, 0.6) is 5.75 Å². The van der Waals surface area contributed by atoms with E-state index in [0.29, 0.717) is 22.0 Å². The van der Waals surface area contributed by atoms with Crippen LogP contribution in [0.4, 0.5) is 5.69 Å². The Kier molecular flexibility index (Phi) is 6.59. The second-order valence-electron chi connectivity index (χ2n) is 5.50. The Labute approximate surface area is 156 Å². The summed E-state index contributed by atoms with van der Waals surface area (Å²) in [5.41, 5.74) is 1.60. The zero-order valence-corrected chi connectivity index (χ0v) is 15.0. The third-order valence-corrected chi connectivity index (χ3v) is 3.73. The average Bonchev–Trinajstić information content (AvgIpc) is 2.62. The summed E-state index contributed by atoms with van der Waals surface area (Å²) in [5, 5.41) is 12.0. The molecule has 0 unspecified atom stereocenters. The van der Waals surface area contributed by atoms with Gasteiger partial charge in [0.25, 0.3) is 5.91 Å². The van der Waals surface area contributed by atoms with Crippen LogP contribution in [0.25, 0.3) is 0 Å². The number of nitrogens with zero attached hydrogens (tertiary/aromatic N) is 1. The molecular formula is C19H17ClN2O4. The van der Waals surface area contributed by atoms with E-state index in [1.165, 1.54) is 6.92 Å². The first-order valence-corrected chi connectivity index (χ1v) is 8.17. The minimum Gasteiger partial charge on any atom is -0.480 e. The molecular weight excluding hydrogens is 356 g/mol. The van der Waals surface area contributed by atoms with Gasteiger partial charge in [-0.05, 0) is 43.7 Å². The number of esters is 1. The van der Waals surface area contributed by atoms with Gasteiger partial charge in [-0.15, -0.1) is 0 Å². The molecule has 0 aliphatic rings. The molecule has 26 heavy (non-hydrogen) atoms. The quantitative estimate of drug-likeness (QED) is 0.784. The lowest BCUT2D eigenvalue weighted by Gasteiger charge is -2.15. The van der Waals surface area contributed by atoms with Crippen LogP contribution >= 0.6 is 11.6 Å². The Hall–Kier alpha value is -3.04. The summed E-state index contributed by atoms with van der Waals surface area (Å²) in [4.78, 5) is 24.0. The first-order chi connectivity index (χ1) is 12.4. The maximum absolute atomic E-state index is 12.1. The van der Waals surface area contributed by atoms with Crippen LogP contribution in [0.3, 0.4) is 0 Å². The van der Waals surface area contributed by atoms with Gasteiger partial charge in [0.2, 0.25) is 0 Å². The second kappa shape index (κ2) is 8.88. The van der Waals surface area contributed by atoms with Crippen molar-refractivity contribution >= 4 is 29.2 Å². The molecule has 6 nitrogen and oxygen atoms in total. The molecule has 0 spiro atoms. The van der Waals surface area contributed by atoms with Gasteiger partial charge in [0, 0.05) is 0 Å². The van der Waals surface area contributed by atoms with Crippen LogP contribution in [0.1, 0.15) is 18.1 Å². The number of nitrogens with one attached hydrogen (secondary N) is 1. The summed E-state index contributed by atoms with van der Waals surface area (Å²) in [5.74, 6) is -0.892. The summed E-state index contributed by atoms with van der Waals surface area (Å²) in [7, 11) is 0. The highest BCUT2D eigenvalue weighted by Crippen LogP contribution is 2.25. The fourth-order valence-electron chi connectivity index (χ4n) is 2.07. The lowest BCUT2D eigenvalue weighted by Crippen LogP contribution is -2.31. The standard InChI is InChI=1S/C19H17ClN2O4/c1-12-7-8-15(20)17(9-12)25-11-18(23)26-13(2)19(24)22-16-6-4-3-5-14(16)10-21/h3-9,13H,11H2,1-2H3,(H,22,24)/t13-/m1/s1. The van der Waals surface area contributed by atoms with Crippen molar-refractivity contribution in [2.45, 2.75) is 20.0 Å². The number of rotatable bonds is 6. The largest absolute Gasteiger partial charge is 0.480 e. The van der Waals surface area contributed by atoms with Crippen molar-refractivity contribution in [2.24, 2.45) is 0 Å². The van der Waals surface area contributed by atoms with E-state index in [1.54, 1.807) is 36.4 Å². The topological polar surface area (TPSA) is 88.4 Å².